The van der Waals surface area contributed by atoms with Gasteiger partial charge in [-0.05, 0) is 31.7 Å². The SMILES string of the molecule is CC1CCN(CC(=O)N2CCCC2)CC1O. The summed E-state index contributed by atoms with van der Waals surface area (Å²) in [6.07, 6.45) is 3.02. The maximum Gasteiger partial charge on any atom is 0.236 e. The Balaban J connectivity index is 1.78. The number of likely N-dealkylation sites (tertiary alicyclic amines) is 2. The molecule has 1 N–H and O–H groups in total. The van der Waals surface area contributed by atoms with E-state index in [1.54, 1.807) is 0 Å². The van der Waals surface area contributed by atoms with Gasteiger partial charge in [0, 0.05) is 19.6 Å². The Morgan fingerprint density at radius 2 is 2.00 bits per heavy atom. The highest BCUT2D eigenvalue weighted by Crippen LogP contribution is 2.17. The molecule has 4 nitrogen and oxygen atoms in total. The number of aliphatic hydroxyl groups excluding tert-OH is 1. The Bertz CT molecular complexity index is 251. The van der Waals surface area contributed by atoms with E-state index in [-0.39, 0.29) is 12.0 Å². The lowest BCUT2D eigenvalue weighted by Gasteiger charge is -2.34. The minimum atomic E-state index is -0.264. The molecule has 0 aromatic rings. The van der Waals surface area contributed by atoms with Gasteiger partial charge in [-0.15, -0.1) is 0 Å². The zero-order valence-corrected chi connectivity index (χ0v) is 10.1. The summed E-state index contributed by atoms with van der Waals surface area (Å²) in [4.78, 5) is 15.9. The van der Waals surface area contributed by atoms with E-state index in [9.17, 15) is 9.90 Å². The average molecular weight is 226 g/mol. The van der Waals surface area contributed by atoms with Gasteiger partial charge >= 0.3 is 0 Å². The molecule has 2 heterocycles. The highest BCUT2D eigenvalue weighted by molar-refractivity contribution is 5.78. The summed E-state index contributed by atoms with van der Waals surface area (Å²) in [6, 6.07) is 0. The molecule has 0 aromatic heterocycles. The number of carbonyl (C=O) groups is 1. The molecular weight excluding hydrogens is 204 g/mol. The van der Waals surface area contributed by atoms with Crippen LogP contribution in [-0.4, -0.2) is 59.6 Å². The zero-order valence-electron chi connectivity index (χ0n) is 10.1. The maximum atomic E-state index is 11.9. The molecule has 0 aliphatic carbocycles. The molecule has 2 aliphatic rings. The molecule has 2 rings (SSSR count). The molecule has 0 radical (unpaired) electrons. The third-order valence-corrected chi connectivity index (χ3v) is 3.82. The molecule has 2 unspecified atom stereocenters. The standard InChI is InChI=1S/C12H22N2O2/c1-10-4-7-13(8-11(10)15)9-12(16)14-5-2-3-6-14/h10-11,15H,2-9H2,1H3. The monoisotopic (exact) mass is 226 g/mol. The Morgan fingerprint density at radius 1 is 1.31 bits per heavy atom. The fourth-order valence-corrected chi connectivity index (χ4v) is 2.52. The van der Waals surface area contributed by atoms with Gasteiger partial charge in [0.05, 0.1) is 12.6 Å². The van der Waals surface area contributed by atoms with E-state index in [1.165, 1.54) is 0 Å². The van der Waals surface area contributed by atoms with Gasteiger partial charge in [-0.2, -0.15) is 0 Å². The van der Waals surface area contributed by atoms with Crippen LogP contribution in [0.15, 0.2) is 0 Å². The predicted octanol–water partition coefficient (Wildman–Crippen LogP) is 0.311. The van der Waals surface area contributed by atoms with Gasteiger partial charge in [-0.3, -0.25) is 9.69 Å². The van der Waals surface area contributed by atoms with Crippen molar-refractivity contribution in [3.8, 4) is 0 Å². The van der Waals surface area contributed by atoms with E-state index in [1.807, 2.05) is 4.90 Å². The molecule has 1 amide bonds. The number of β-amino-alcohol motifs (C(OH)–C–C–N with tert-alkyl or cyclic N) is 1. The quantitative estimate of drug-likeness (QED) is 0.737. The minimum absolute atomic E-state index is 0.235. The van der Waals surface area contributed by atoms with Crippen molar-refractivity contribution in [3.63, 3.8) is 0 Å². The van der Waals surface area contributed by atoms with E-state index in [2.05, 4.69) is 11.8 Å². The number of carbonyl (C=O) groups excluding carboxylic acids is 1. The molecule has 2 aliphatic heterocycles. The third kappa shape index (κ3) is 2.74. The van der Waals surface area contributed by atoms with Crippen molar-refractivity contribution in [2.24, 2.45) is 5.92 Å². The smallest absolute Gasteiger partial charge is 0.236 e. The summed E-state index contributed by atoms with van der Waals surface area (Å²) in [5.41, 5.74) is 0. The lowest BCUT2D eigenvalue weighted by atomic mass is 9.96. The summed E-state index contributed by atoms with van der Waals surface area (Å²) in [5.74, 6) is 0.609. The number of hydrogen-bond donors (Lipinski definition) is 1. The molecule has 0 spiro atoms. The topological polar surface area (TPSA) is 43.8 Å². The number of piperidine rings is 1. The van der Waals surface area contributed by atoms with E-state index in [4.69, 9.17) is 0 Å². The summed E-state index contributed by atoms with van der Waals surface area (Å²) in [5, 5.41) is 9.76. The van der Waals surface area contributed by atoms with Crippen molar-refractivity contribution < 1.29 is 9.90 Å². The summed E-state index contributed by atoms with van der Waals surface area (Å²) in [6.45, 7) is 6.00. The fraction of sp³-hybridized carbons (Fsp3) is 0.917. The maximum absolute atomic E-state index is 11.9. The molecule has 4 heteroatoms. The van der Waals surface area contributed by atoms with Crippen molar-refractivity contribution >= 4 is 5.91 Å². The summed E-state index contributed by atoms with van der Waals surface area (Å²) in [7, 11) is 0. The Morgan fingerprint density at radius 3 is 2.62 bits per heavy atom. The second-order valence-electron chi connectivity index (χ2n) is 5.16. The van der Waals surface area contributed by atoms with Gasteiger partial charge < -0.3 is 10.0 Å². The fourth-order valence-electron chi connectivity index (χ4n) is 2.52. The van der Waals surface area contributed by atoms with Crippen LogP contribution in [0.1, 0.15) is 26.2 Å². The van der Waals surface area contributed by atoms with Crippen LogP contribution in [0.25, 0.3) is 0 Å². The van der Waals surface area contributed by atoms with Gasteiger partial charge in [0.2, 0.25) is 5.91 Å². The number of aliphatic hydroxyl groups is 1. The van der Waals surface area contributed by atoms with Crippen LogP contribution in [-0.2, 0) is 4.79 Å². The molecule has 92 valence electrons. The number of rotatable bonds is 2. The van der Waals surface area contributed by atoms with Crippen LogP contribution in [0.5, 0.6) is 0 Å². The number of nitrogens with zero attached hydrogens (tertiary/aromatic N) is 2. The van der Waals surface area contributed by atoms with E-state index >= 15 is 0 Å². The van der Waals surface area contributed by atoms with Crippen LogP contribution in [0.2, 0.25) is 0 Å². The van der Waals surface area contributed by atoms with Gasteiger partial charge in [-0.1, -0.05) is 6.92 Å². The molecule has 2 fully saturated rings. The lowest BCUT2D eigenvalue weighted by Crippen LogP contribution is -2.47. The molecule has 2 saturated heterocycles. The van der Waals surface area contributed by atoms with Crippen LogP contribution in [0.4, 0.5) is 0 Å². The molecule has 16 heavy (non-hydrogen) atoms. The number of hydrogen-bond acceptors (Lipinski definition) is 3. The summed E-state index contributed by atoms with van der Waals surface area (Å²) >= 11 is 0. The van der Waals surface area contributed by atoms with Crippen molar-refractivity contribution in [3.05, 3.63) is 0 Å². The first kappa shape index (κ1) is 11.9. The number of amides is 1. The minimum Gasteiger partial charge on any atom is -0.392 e. The molecule has 0 bridgehead atoms. The van der Waals surface area contributed by atoms with Crippen LogP contribution in [0, 0.1) is 5.92 Å². The zero-order chi connectivity index (χ0) is 11.5. The molecule has 0 aromatic carbocycles. The average Bonchev–Trinajstić information content (AvgIpc) is 2.77. The third-order valence-electron chi connectivity index (χ3n) is 3.82. The van der Waals surface area contributed by atoms with Gasteiger partial charge in [0.15, 0.2) is 0 Å². The Hall–Kier alpha value is -0.610. The van der Waals surface area contributed by atoms with Gasteiger partial charge in [0.1, 0.15) is 0 Å². The second-order valence-corrected chi connectivity index (χ2v) is 5.16. The van der Waals surface area contributed by atoms with Crippen LogP contribution >= 0.6 is 0 Å². The lowest BCUT2D eigenvalue weighted by molar-refractivity contribution is -0.132. The Labute approximate surface area is 97.2 Å². The van der Waals surface area contributed by atoms with Crippen LogP contribution < -0.4 is 0 Å². The summed E-state index contributed by atoms with van der Waals surface area (Å²) < 4.78 is 0. The molecular formula is C12H22N2O2. The largest absolute Gasteiger partial charge is 0.392 e. The molecule has 2 atom stereocenters. The first-order chi connectivity index (χ1) is 7.66. The highest BCUT2D eigenvalue weighted by Gasteiger charge is 2.27. The Kier molecular flexibility index (Phi) is 3.82. The van der Waals surface area contributed by atoms with Crippen molar-refractivity contribution in [2.75, 3.05) is 32.7 Å². The van der Waals surface area contributed by atoms with E-state index < -0.39 is 0 Å². The van der Waals surface area contributed by atoms with Crippen molar-refractivity contribution in [2.45, 2.75) is 32.3 Å². The highest BCUT2D eigenvalue weighted by atomic mass is 16.3. The van der Waals surface area contributed by atoms with Gasteiger partial charge in [-0.25, -0.2) is 0 Å². The van der Waals surface area contributed by atoms with Crippen molar-refractivity contribution in [1.29, 1.82) is 0 Å². The van der Waals surface area contributed by atoms with Gasteiger partial charge in [0.25, 0.3) is 0 Å². The van der Waals surface area contributed by atoms with Crippen molar-refractivity contribution in [1.82, 2.24) is 9.80 Å². The first-order valence-corrected chi connectivity index (χ1v) is 6.35. The normalized spacial score (nSPS) is 32.0. The predicted molar refractivity (Wildman–Crippen MR) is 62.0 cm³/mol. The molecule has 0 saturated carbocycles. The second kappa shape index (κ2) is 5.15. The van der Waals surface area contributed by atoms with E-state index in [0.717, 1.165) is 38.9 Å². The first-order valence-electron chi connectivity index (χ1n) is 6.35. The van der Waals surface area contributed by atoms with Crippen LogP contribution in [0.3, 0.4) is 0 Å². The van der Waals surface area contributed by atoms with E-state index in [0.29, 0.717) is 19.0 Å².